The van der Waals surface area contributed by atoms with Crippen LogP contribution in [0.15, 0.2) is 42.5 Å². The lowest BCUT2D eigenvalue weighted by atomic mass is 9.94. The van der Waals surface area contributed by atoms with Crippen LogP contribution >= 0.6 is 0 Å². The number of carbonyl (C=O) groups is 1. The van der Waals surface area contributed by atoms with Gasteiger partial charge in [0.2, 0.25) is 0 Å². The molecule has 3 heteroatoms. The summed E-state index contributed by atoms with van der Waals surface area (Å²) in [6.07, 6.45) is 4.33. The number of phenolic OH excluding ortho intramolecular Hbond substituents is 2. The third kappa shape index (κ3) is 3.14. The first-order chi connectivity index (χ1) is 10.1. The fourth-order valence-corrected chi connectivity index (χ4v) is 2.27. The van der Waals surface area contributed by atoms with E-state index in [0.29, 0.717) is 23.1 Å². The maximum Gasteiger partial charge on any atom is 0.193 e. The Morgan fingerprint density at radius 1 is 1.19 bits per heavy atom. The maximum atomic E-state index is 12.6. The molecule has 0 aliphatic heterocycles. The van der Waals surface area contributed by atoms with Crippen LogP contribution in [0.3, 0.4) is 0 Å². The Labute approximate surface area is 124 Å². The Hall–Kier alpha value is -2.55. The molecule has 0 heterocycles. The minimum Gasteiger partial charge on any atom is -0.508 e. The zero-order valence-electron chi connectivity index (χ0n) is 12.1. The summed E-state index contributed by atoms with van der Waals surface area (Å²) >= 11 is 0. The number of hydrogen-bond acceptors (Lipinski definition) is 3. The van der Waals surface area contributed by atoms with Crippen molar-refractivity contribution in [1.29, 1.82) is 0 Å². The van der Waals surface area contributed by atoms with Crippen LogP contribution in [-0.2, 0) is 6.42 Å². The molecule has 0 radical (unpaired) electrons. The van der Waals surface area contributed by atoms with Gasteiger partial charge in [0, 0.05) is 16.7 Å². The van der Waals surface area contributed by atoms with Crippen molar-refractivity contribution in [3.05, 3.63) is 64.7 Å². The molecule has 2 rings (SSSR count). The van der Waals surface area contributed by atoms with Crippen molar-refractivity contribution in [2.45, 2.75) is 20.3 Å². The summed E-state index contributed by atoms with van der Waals surface area (Å²) < 4.78 is 0. The van der Waals surface area contributed by atoms with E-state index in [2.05, 4.69) is 0 Å². The van der Waals surface area contributed by atoms with E-state index in [1.165, 1.54) is 18.2 Å². The van der Waals surface area contributed by atoms with Crippen LogP contribution in [0.25, 0.3) is 6.08 Å². The predicted octanol–water partition coefficient (Wildman–Crippen LogP) is 3.92. The summed E-state index contributed by atoms with van der Waals surface area (Å²) in [6, 6.07) is 9.55. The van der Waals surface area contributed by atoms with Gasteiger partial charge in [0.1, 0.15) is 11.5 Å². The van der Waals surface area contributed by atoms with Gasteiger partial charge in [0.05, 0.1) is 0 Å². The van der Waals surface area contributed by atoms with Gasteiger partial charge in [-0.1, -0.05) is 31.2 Å². The van der Waals surface area contributed by atoms with E-state index < -0.39 is 0 Å². The van der Waals surface area contributed by atoms with Gasteiger partial charge in [0.25, 0.3) is 0 Å². The molecule has 3 nitrogen and oxygen atoms in total. The normalized spacial score (nSPS) is 11.0. The molecule has 0 saturated heterocycles. The molecule has 2 N–H and O–H groups in total. The van der Waals surface area contributed by atoms with E-state index in [1.807, 2.05) is 26.0 Å². The lowest BCUT2D eigenvalue weighted by Crippen LogP contribution is -2.05. The van der Waals surface area contributed by atoms with Crippen LogP contribution in [0.1, 0.15) is 40.9 Å². The Morgan fingerprint density at radius 2 is 1.95 bits per heavy atom. The third-order valence-corrected chi connectivity index (χ3v) is 3.33. The number of benzene rings is 2. The van der Waals surface area contributed by atoms with Gasteiger partial charge in [-0.15, -0.1) is 0 Å². The molecule has 0 spiro atoms. The lowest BCUT2D eigenvalue weighted by molar-refractivity contribution is 0.103. The minimum absolute atomic E-state index is 0.0497. The van der Waals surface area contributed by atoms with Gasteiger partial charge in [-0.3, -0.25) is 4.79 Å². The summed E-state index contributed by atoms with van der Waals surface area (Å²) in [4.78, 5) is 12.6. The number of phenols is 2. The first kappa shape index (κ1) is 14.9. The first-order valence-corrected chi connectivity index (χ1v) is 6.89. The van der Waals surface area contributed by atoms with Gasteiger partial charge >= 0.3 is 0 Å². The Kier molecular flexibility index (Phi) is 4.43. The maximum absolute atomic E-state index is 12.6. The summed E-state index contributed by atoms with van der Waals surface area (Å²) in [6.45, 7) is 3.84. The number of rotatable bonds is 4. The molecule has 108 valence electrons. The van der Waals surface area contributed by atoms with Gasteiger partial charge in [0.15, 0.2) is 5.78 Å². The molecule has 0 unspecified atom stereocenters. The minimum atomic E-state index is -0.204. The number of allylic oxidation sites excluding steroid dienone is 1. The fraction of sp³-hybridized carbons (Fsp3) is 0.167. The molecule has 0 saturated carbocycles. The molecular weight excluding hydrogens is 264 g/mol. The highest BCUT2D eigenvalue weighted by atomic mass is 16.3. The standard InChI is InChI=1S/C18H18O3/c1-3-6-13-9-12(4-2)16(11-17(13)20)18(21)14-7-5-8-15(19)10-14/h3,5-11,19-20H,4H2,1-2H3/b6-3+. The molecule has 2 aromatic rings. The van der Waals surface area contributed by atoms with Gasteiger partial charge in [-0.05, 0) is 43.2 Å². The molecule has 0 aromatic heterocycles. The van der Waals surface area contributed by atoms with Gasteiger partial charge in [-0.25, -0.2) is 0 Å². The van der Waals surface area contributed by atoms with Crippen molar-refractivity contribution in [2.75, 3.05) is 0 Å². The average molecular weight is 282 g/mol. The Balaban J connectivity index is 2.53. The Bertz CT molecular complexity index is 700. The second kappa shape index (κ2) is 6.27. The van der Waals surface area contributed by atoms with E-state index in [1.54, 1.807) is 18.2 Å². The number of hydrogen-bond donors (Lipinski definition) is 2. The van der Waals surface area contributed by atoms with Crippen LogP contribution in [0, 0.1) is 0 Å². The third-order valence-electron chi connectivity index (χ3n) is 3.33. The number of ketones is 1. The zero-order chi connectivity index (χ0) is 15.4. The van der Waals surface area contributed by atoms with Crippen LogP contribution in [0.2, 0.25) is 0 Å². The summed E-state index contributed by atoms with van der Waals surface area (Å²) in [5.41, 5.74) is 2.44. The van der Waals surface area contributed by atoms with Crippen molar-refractivity contribution in [1.82, 2.24) is 0 Å². The summed E-state index contributed by atoms with van der Waals surface area (Å²) in [7, 11) is 0. The monoisotopic (exact) mass is 282 g/mol. The average Bonchev–Trinajstić information content (AvgIpc) is 2.48. The molecule has 2 aromatic carbocycles. The summed E-state index contributed by atoms with van der Waals surface area (Å²) in [5.74, 6) is -0.0764. The largest absolute Gasteiger partial charge is 0.508 e. The number of carbonyl (C=O) groups excluding carboxylic acids is 1. The second-order valence-corrected chi connectivity index (χ2v) is 4.80. The molecular formula is C18H18O3. The van der Waals surface area contributed by atoms with Gasteiger partial charge in [-0.2, -0.15) is 0 Å². The SMILES string of the molecule is C/C=C/c1cc(CC)c(C(=O)c2cccc(O)c2)cc1O. The van der Waals surface area contributed by atoms with E-state index in [-0.39, 0.29) is 17.3 Å². The zero-order valence-corrected chi connectivity index (χ0v) is 12.1. The van der Waals surface area contributed by atoms with Crippen molar-refractivity contribution in [3.8, 4) is 11.5 Å². The highest BCUT2D eigenvalue weighted by Crippen LogP contribution is 2.27. The van der Waals surface area contributed by atoms with Crippen molar-refractivity contribution >= 4 is 11.9 Å². The number of aryl methyl sites for hydroxylation is 1. The molecule has 0 fully saturated rings. The fourth-order valence-electron chi connectivity index (χ4n) is 2.27. The molecule has 21 heavy (non-hydrogen) atoms. The Morgan fingerprint density at radius 3 is 2.57 bits per heavy atom. The number of aromatic hydroxyl groups is 2. The molecule has 0 bridgehead atoms. The highest BCUT2D eigenvalue weighted by molar-refractivity contribution is 6.10. The predicted molar refractivity (Wildman–Crippen MR) is 83.7 cm³/mol. The molecule has 0 amide bonds. The highest BCUT2D eigenvalue weighted by Gasteiger charge is 2.16. The van der Waals surface area contributed by atoms with E-state index in [0.717, 1.165) is 5.56 Å². The van der Waals surface area contributed by atoms with Crippen LogP contribution in [-0.4, -0.2) is 16.0 Å². The topological polar surface area (TPSA) is 57.5 Å². The summed E-state index contributed by atoms with van der Waals surface area (Å²) in [5, 5.41) is 19.5. The first-order valence-electron chi connectivity index (χ1n) is 6.89. The molecule has 0 aliphatic rings. The van der Waals surface area contributed by atoms with E-state index in [4.69, 9.17) is 0 Å². The van der Waals surface area contributed by atoms with Crippen LogP contribution in [0.4, 0.5) is 0 Å². The quantitative estimate of drug-likeness (QED) is 0.835. The lowest BCUT2D eigenvalue weighted by Gasteiger charge is -2.10. The van der Waals surface area contributed by atoms with Crippen LogP contribution in [0.5, 0.6) is 11.5 Å². The van der Waals surface area contributed by atoms with Gasteiger partial charge < -0.3 is 10.2 Å². The van der Waals surface area contributed by atoms with E-state index in [9.17, 15) is 15.0 Å². The van der Waals surface area contributed by atoms with E-state index >= 15 is 0 Å². The van der Waals surface area contributed by atoms with Crippen molar-refractivity contribution in [3.63, 3.8) is 0 Å². The van der Waals surface area contributed by atoms with Crippen LogP contribution < -0.4 is 0 Å². The molecule has 0 atom stereocenters. The van der Waals surface area contributed by atoms with Crippen molar-refractivity contribution in [2.24, 2.45) is 0 Å². The second-order valence-electron chi connectivity index (χ2n) is 4.80. The smallest absolute Gasteiger partial charge is 0.193 e. The van der Waals surface area contributed by atoms with Crippen molar-refractivity contribution < 1.29 is 15.0 Å². The molecule has 0 aliphatic carbocycles.